The van der Waals surface area contributed by atoms with E-state index in [0.717, 1.165) is 39.0 Å². The van der Waals surface area contributed by atoms with Crippen LogP contribution in [-0.2, 0) is 11.3 Å². The number of nitro groups is 1. The summed E-state index contributed by atoms with van der Waals surface area (Å²) in [7, 11) is 0. The summed E-state index contributed by atoms with van der Waals surface area (Å²) in [6.07, 6.45) is 4.73. The Kier molecular flexibility index (Phi) is 3.62. The third-order valence-electron chi connectivity index (χ3n) is 4.62. The molecule has 8 nitrogen and oxygen atoms in total. The van der Waals surface area contributed by atoms with Gasteiger partial charge < -0.3 is 20.3 Å². The fourth-order valence-electron chi connectivity index (χ4n) is 3.23. The molecule has 2 fully saturated rings. The Morgan fingerprint density at radius 3 is 2.76 bits per heavy atom. The maximum Gasteiger partial charge on any atom is 0.389 e. The van der Waals surface area contributed by atoms with E-state index in [1.807, 2.05) is 4.90 Å². The van der Waals surface area contributed by atoms with E-state index < -0.39 is 4.92 Å². The summed E-state index contributed by atoms with van der Waals surface area (Å²) in [5.41, 5.74) is 0.376. The average molecular weight is 293 g/mol. The second-order valence-electron chi connectivity index (χ2n) is 5.94. The molecule has 0 saturated carbocycles. The van der Waals surface area contributed by atoms with E-state index in [0.29, 0.717) is 5.41 Å². The monoisotopic (exact) mass is 293 g/mol. The smallest absolute Gasteiger partial charge is 0.358 e. The third kappa shape index (κ3) is 2.90. The predicted octanol–water partition coefficient (Wildman–Crippen LogP) is 0.393. The summed E-state index contributed by atoms with van der Waals surface area (Å²) in [5.74, 6) is -0.244. The van der Waals surface area contributed by atoms with Gasteiger partial charge in [-0.2, -0.15) is 4.68 Å². The fraction of sp³-hybridized carbons (Fsp3) is 0.692. The van der Waals surface area contributed by atoms with Gasteiger partial charge in [-0.3, -0.25) is 4.79 Å². The summed E-state index contributed by atoms with van der Waals surface area (Å²) in [6.45, 7) is 3.73. The SMILES string of the molecule is O=C(Cn1ccc([N+](=O)[O-])n1)N1CCC2(CCNC2)CC1. The molecule has 1 aromatic rings. The quantitative estimate of drug-likeness (QED) is 0.643. The molecule has 0 atom stereocenters. The molecule has 0 aliphatic carbocycles. The number of likely N-dealkylation sites (tertiary alicyclic amines) is 1. The minimum absolute atomic E-state index is 0.0196. The van der Waals surface area contributed by atoms with E-state index >= 15 is 0 Å². The van der Waals surface area contributed by atoms with E-state index in [-0.39, 0.29) is 18.3 Å². The van der Waals surface area contributed by atoms with Crippen molar-refractivity contribution < 1.29 is 9.72 Å². The minimum atomic E-state index is -0.557. The largest absolute Gasteiger partial charge is 0.389 e. The van der Waals surface area contributed by atoms with Crippen LogP contribution in [0.25, 0.3) is 0 Å². The minimum Gasteiger partial charge on any atom is -0.358 e. The summed E-state index contributed by atoms with van der Waals surface area (Å²) in [5, 5.41) is 17.7. The molecule has 1 amide bonds. The Bertz CT molecular complexity index is 540. The Morgan fingerprint density at radius 2 is 2.19 bits per heavy atom. The molecule has 21 heavy (non-hydrogen) atoms. The highest BCUT2D eigenvalue weighted by atomic mass is 16.6. The van der Waals surface area contributed by atoms with E-state index in [4.69, 9.17) is 0 Å². The van der Waals surface area contributed by atoms with Gasteiger partial charge in [-0.1, -0.05) is 0 Å². The van der Waals surface area contributed by atoms with Crippen molar-refractivity contribution in [2.75, 3.05) is 26.2 Å². The third-order valence-corrected chi connectivity index (χ3v) is 4.62. The second-order valence-corrected chi connectivity index (χ2v) is 5.94. The molecule has 1 spiro atoms. The zero-order valence-corrected chi connectivity index (χ0v) is 11.8. The molecule has 0 bridgehead atoms. The fourth-order valence-corrected chi connectivity index (χ4v) is 3.23. The molecule has 3 heterocycles. The van der Waals surface area contributed by atoms with Crippen molar-refractivity contribution in [1.82, 2.24) is 20.0 Å². The van der Waals surface area contributed by atoms with Crippen LogP contribution < -0.4 is 5.32 Å². The lowest BCUT2D eigenvalue weighted by atomic mass is 9.78. The molecule has 2 aliphatic rings. The van der Waals surface area contributed by atoms with Gasteiger partial charge in [0.25, 0.3) is 0 Å². The zero-order valence-electron chi connectivity index (χ0n) is 11.8. The summed E-state index contributed by atoms with van der Waals surface area (Å²) < 4.78 is 1.34. The molecule has 0 unspecified atom stereocenters. The van der Waals surface area contributed by atoms with E-state index in [1.165, 1.54) is 23.4 Å². The van der Waals surface area contributed by atoms with Crippen molar-refractivity contribution in [3.63, 3.8) is 0 Å². The molecular weight excluding hydrogens is 274 g/mol. The highest BCUT2D eigenvalue weighted by molar-refractivity contribution is 5.76. The van der Waals surface area contributed by atoms with Gasteiger partial charge >= 0.3 is 5.82 Å². The van der Waals surface area contributed by atoms with Gasteiger partial charge in [0.2, 0.25) is 5.91 Å². The van der Waals surface area contributed by atoms with Gasteiger partial charge in [0.15, 0.2) is 0 Å². The number of carbonyl (C=O) groups excluding carboxylic acids is 1. The number of carbonyl (C=O) groups is 1. The van der Waals surface area contributed by atoms with Gasteiger partial charge in [0.05, 0.1) is 17.4 Å². The van der Waals surface area contributed by atoms with E-state index in [1.54, 1.807) is 0 Å². The number of rotatable bonds is 3. The average Bonchev–Trinajstić information content (AvgIpc) is 3.10. The first-order chi connectivity index (χ1) is 10.1. The lowest BCUT2D eigenvalue weighted by Crippen LogP contribution is -2.45. The number of nitrogens with zero attached hydrogens (tertiary/aromatic N) is 4. The van der Waals surface area contributed by atoms with Crippen LogP contribution in [-0.4, -0.2) is 51.7 Å². The first-order valence-electron chi connectivity index (χ1n) is 7.24. The molecule has 8 heteroatoms. The van der Waals surface area contributed by atoms with Gasteiger partial charge in [0.1, 0.15) is 6.54 Å². The molecule has 114 valence electrons. The van der Waals surface area contributed by atoms with Gasteiger partial charge in [-0.25, -0.2) is 0 Å². The molecule has 2 saturated heterocycles. The lowest BCUT2D eigenvalue weighted by Gasteiger charge is -2.38. The van der Waals surface area contributed by atoms with Crippen molar-refractivity contribution in [3.05, 3.63) is 22.4 Å². The molecule has 0 radical (unpaired) electrons. The number of amides is 1. The van der Waals surface area contributed by atoms with Crippen LogP contribution in [0.2, 0.25) is 0 Å². The van der Waals surface area contributed by atoms with E-state index in [9.17, 15) is 14.9 Å². The van der Waals surface area contributed by atoms with Crippen molar-refractivity contribution in [2.45, 2.75) is 25.8 Å². The van der Waals surface area contributed by atoms with Crippen LogP contribution in [0, 0.1) is 15.5 Å². The van der Waals surface area contributed by atoms with Crippen LogP contribution in [0.5, 0.6) is 0 Å². The molecule has 0 aromatic carbocycles. The van der Waals surface area contributed by atoms with Crippen LogP contribution in [0.1, 0.15) is 19.3 Å². The Morgan fingerprint density at radius 1 is 1.43 bits per heavy atom. The van der Waals surface area contributed by atoms with Crippen LogP contribution in [0.3, 0.4) is 0 Å². The van der Waals surface area contributed by atoms with Gasteiger partial charge in [0, 0.05) is 19.6 Å². The Balaban J connectivity index is 1.55. The van der Waals surface area contributed by atoms with Gasteiger partial charge in [-0.15, -0.1) is 0 Å². The number of piperidine rings is 1. The van der Waals surface area contributed by atoms with Crippen LogP contribution in [0.15, 0.2) is 12.3 Å². The van der Waals surface area contributed by atoms with Crippen molar-refractivity contribution in [1.29, 1.82) is 0 Å². The molecular formula is C13H19N5O3. The Hall–Kier alpha value is -1.96. The summed E-state index contributed by atoms with van der Waals surface area (Å²) in [6, 6.07) is 1.31. The topological polar surface area (TPSA) is 93.3 Å². The number of hydrogen-bond donors (Lipinski definition) is 1. The predicted molar refractivity (Wildman–Crippen MR) is 74.6 cm³/mol. The molecule has 1 aromatic heterocycles. The first-order valence-corrected chi connectivity index (χ1v) is 7.24. The van der Waals surface area contributed by atoms with Crippen LogP contribution in [0.4, 0.5) is 5.82 Å². The van der Waals surface area contributed by atoms with Gasteiger partial charge in [-0.05, 0) is 36.1 Å². The maximum atomic E-state index is 12.2. The first kappa shape index (κ1) is 14.0. The number of nitrogens with one attached hydrogen (secondary N) is 1. The van der Waals surface area contributed by atoms with Crippen molar-refractivity contribution in [3.8, 4) is 0 Å². The summed E-state index contributed by atoms with van der Waals surface area (Å²) in [4.78, 5) is 24.1. The molecule has 2 aliphatic heterocycles. The zero-order chi connectivity index (χ0) is 14.9. The summed E-state index contributed by atoms with van der Waals surface area (Å²) >= 11 is 0. The standard InChI is InChI=1S/C13H19N5O3/c19-12(9-17-6-1-11(15-17)18(20)21)16-7-3-13(4-8-16)2-5-14-10-13/h1,6,14H,2-5,7-10H2. The molecule has 1 N–H and O–H groups in total. The normalized spacial score (nSPS) is 20.9. The highest BCUT2D eigenvalue weighted by Gasteiger charge is 2.38. The lowest BCUT2D eigenvalue weighted by molar-refractivity contribution is -0.389. The molecule has 3 rings (SSSR count). The second kappa shape index (κ2) is 5.44. The van der Waals surface area contributed by atoms with Crippen molar-refractivity contribution >= 4 is 11.7 Å². The van der Waals surface area contributed by atoms with E-state index in [2.05, 4.69) is 10.4 Å². The maximum absolute atomic E-state index is 12.2. The van der Waals surface area contributed by atoms with Crippen molar-refractivity contribution in [2.24, 2.45) is 5.41 Å². The number of aromatic nitrogens is 2. The highest BCUT2D eigenvalue weighted by Crippen LogP contribution is 2.36. The number of hydrogen-bond acceptors (Lipinski definition) is 5. The van der Waals surface area contributed by atoms with Crippen LogP contribution >= 0.6 is 0 Å². The Labute approximate surface area is 122 Å².